The van der Waals surface area contributed by atoms with Crippen molar-refractivity contribution >= 4 is 11.9 Å². The van der Waals surface area contributed by atoms with Gasteiger partial charge in [-0.3, -0.25) is 4.79 Å². The third-order valence-corrected chi connectivity index (χ3v) is 7.16. The van der Waals surface area contributed by atoms with Crippen LogP contribution in [0.4, 0.5) is 5.95 Å². The van der Waals surface area contributed by atoms with Crippen LogP contribution in [0.2, 0.25) is 0 Å². The van der Waals surface area contributed by atoms with E-state index in [0.717, 1.165) is 37.5 Å². The molecule has 2 saturated heterocycles. The maximum absolute atomic E-state index is 12.9. The Morgan fingerprint density at radius 1 is 1.07 bits per heavy atom. The quantitative estimate of drug-likeness (QED) is 0.765. The Labute approximate surface area is 169 Å². The molecule has 2 saturated carbocycles. The summed E-state index contributed by atoms with van der Waals surface area (Å²) in [6.45, 7) is 1.40. The Morgan fingerprint density at radius 3 is 2.76 bits per heavy atom. The average Bonchev–Trinajstić information content (AvgIpc) is 3.10. The van der Waals surface area contributed by atoms with Crippen molar-refractivity contribution in [2.75, 3.05) is 11.4 Å². The first-order chi connectivity index (χ1) is 14.3. The van der Waals surface area contributed by atoms with Crippen molar-refractivity contribution in [2.45, 2.75) is 88.4 Å². The summed E-state index contributed by atoms with van der Waals surface area (Å²) in [5.74, 6) is 2.96. The van der Waals surface area contributed by atoms with E-state index in [1.54, 1.807) is 0 Å². The summed E-state index contributed by atoms with van der Waals surface area (Å²) < 4.78 is 7.66. The molecule has 0 radical (unpaired) electrons. The van der Waals surface area contributed by atoms with Gasteiger partial charge in [0.2, 0.25) is 11.8 Å². The molecule has 2 atom stereocenters. The predicted molar refractivity (Wildman–Crippen MR) is 103 cm³/mol. The number of aromatic nitrogens is 5. The molecule has 1 amide bonds. The molecule has 2 aromatic rings. The van der Waals surface area contributed by atoms with Crippen molar-refractivity contribution in [1.82, 2.24) is 29.8 Å². The first-order valence-electron chi connectivity index (χ1n) is 11.1. The molecule has 0 aromatic carbocycles. The van der Waals surface area contributed by atoms with Gasteiger partial charge in [0.15, 0.2) is 5.82 Å². The highest BCUT2D eigenvalue weighted by atomic mass is 16.5. The largest absolute Gasteiger partial charge is 0.337 e. The number of hydrogen-bond donors (Lipinski definition) is 0. The highest BCUT2D eigenvalue weighted by Crippen LogP contribution is 2.41. The normalized spacial score (nSPS) is 27.8. The van der Waals surface area contributed by atoms with E-state index in [1.165, 1.54) is 32.1 Å². The molecule has 0 N–H and O–H groups in total. The van der Waals surface area contributed by atoms with Gasteiger partial charge in [0.25, 0.3) is 5.95 Å². The summed E-state index contributed by atoms with van der Waals surface area (Å²) >= 11 is 0. The number of carbonyl (C=O) groups is 1. The lowest BCUT2D eigenvalue weighted by Crippen LogP contribution is -2.38. The van der Waals surface area contributed by atoms with Crippen molar-refractivity contribution in [1.29, 1.82) is 0 Å². The Bertz CT molecular complexity index is 898. The second kappa shape index (κ2) is 6.81. The molecule has 2 aliphatic heterocycles. The molecule has 0 spiro atoms. The number of likely N-dealkylation sites (tertiary alicyclic amines) is 1. The van der Waals surface area contributed by atoms with E-state index in [9.17, 15) is 4.79 Å². The van der Waals surface area contributed by atoms with Gasteiger partial charge in [0, 0.05) is 24.9 Å². The third-order valence-electron chi connectivity index (χ3n) is 7.16. The van der Waals surface area contributed by atoms with E-state index < -0.39 is 0 Å². The van der Waals surface area contributed by atoms with Crippen molar-refractivity contribution in [3.8, 4) is 0 Å². The first kappa shape index (κ1) is 17.4. The van der Waals surface area contributed by atoms with Crippen LogP contribution in [0, 0.1) is 0 Å². The van der Waals surface area contributed by atoms with Gasteiger partial charge in [0.05, 0.1) is 18.6 Å². The molecular formula is C20H27N7O2. The number of fused-ring (bicyclic) bond motifs is 1. The summed E-state index contributed by atoms with van der Waals surface area (Å²) in [4.78, 5) is 21.7. The van der Waals surface area contributed by atoms with Crippen LogP contribution in [0.1, 0.15) is 81.5 Å². The molecule has 0 bridgehead atoms. The van der Waals surface area contributed by atoms with Gasteiger partial charge >= 0.3 is 0 Å². The molecule has 0 unspecified atom stereocenters. The van der Waals surface area contributed by atoms with Gasteiger partial charge in [-0.25, -0.2) is 0 Å². The topological polar surface area (TPSA) is 93.2 Å². The summed E-state index contributed by atoms with van der Waals surface area (Å²) in [5.41, 5.74) is 0. The second-order valence-electron chi connectivity index (χ2n) is 9.00. The second-order valence-corrected chi connectivity index (χ2v) is 9.00. The number of rotatable bonds is 5. The summed E-state index contributed by atoms with van der Waals surface area (Å²) in [6, 6.07) is 0.780. The molecular weight excluding hydrogens is 370 g/mol. The van der Waals surface area contributed by atoms with Crippen LogP contribution in [0.15, 0.2) is 10.9 Å². The maximum atomic E-state index is 12.9. The van der Waals surface area contributed by atoms with Gasteiger partial charge in [-0.05, 0) is 37.3 Å². The van der Waals surface area contributed by atoms with Crippen LogP contribution >= 0.6 is 0 Å². The van der Waals surface area contributed by atoms with E-state index in [4.69, 9.17) is 4.52 Å². The van der Waals surface area contributed by atoms with E-state index >= 15 is 0 Å². The lowest BCUT2D eigenvalue weighted by molar-refractivity contribution is -0.129. The van der Waals surface area contributed by atoms with Crippen LogP contribution in [-0.4, -0.2) is 54.3 Å². The maximum Gasteiger partial charge on any atom is 0.266 e. The summed E-state index contributed by atoms with van der Waals surface area (Å²) in [5, 5.41) is 12.8. The number of nitrogens with zero attached hydrogens (tertiary/aromatic N) is 7. The number of anilines is 1. The zero-order chi connectivity index (χ0) is 19.4. The van der Waals surface area contributed by atoms with Crippen LogP contribution < -0.4 is 4.90 Å². The molecule has 2 aliphatic carbocycles. The molecule has 4 aliphatic rings. The van der Waals surface area contributed by atoms with Crippen molar-refractivity contribution in [2.24, 2.45) is 0 Å². The Morgan fingerprint density at radius 2 is 1.93 bits per heavy atom. The molecule has 6 rings (SSSR count). The summed E-state index contributed by atoms with van der Waals surface area (Å²) in [6.07, 6.45) is 11.8. The predicted octanol–water partition coefficient (Wildman–Crippen LogP) is 2.42. The van der Waals surface area contributed by atoms with E-state index in [-0.39, 0.29) is 18.0 Å². The van der Waals surface area contributed by atoms with Crippen LogP contribution in [0.25, 0.3) is 0 Å². The minimum absolute atomic E-state index is 0.123. The fourth-order valence-electron chi connectivity index (χ4n) is 5.42. The highest BCUT2D eigenvalue weighted by molar-refractivity contribution is 5.81. The fourth-order valence-corrected chi connectivity index (χ4v) is 5.42. The average molecular weight is 397 g/mol. The SMILES string of the molecule is O=C1C[C@H]2[C@H](CCN2c2noc(C3CC3)n2)N1Cc1nncn1C1CCCCC1. The van der Waals surface area contributed by atoms with Crippen molar-refractivity contribution in [3.63, 3.8) is 0 Å². The standard InChI is InChI=1S/C20H27N7O2/c28-18-10-16-15(8-9-25(16)20-22-19(29-24-20)13-6-7-13)26(18)11-17-23-21-12-27(17)14-4-2-1-3-5-14/h12-16H,1-11H2/t15-,16-/m0/s1. The Kier molecular flexibility index (Phi) is 4.09. The third kappa shape index (κ3) is 3.02. The molecule has 4 heterocycles. The Hall–Kier alpha value is -2.45. The molecule has 4 fully saturated rings. The lowest BCUT2D eigenvalue weighted by atomic mass is 9.95. The molecule has 2 aromatic heterocycles. The number of amides is 1. The molecule has 9 heteroatoms. The number of hydrogen-bond acceptors (Lipinski definition) is 7. The fraction of sp³-hybridized carbons (Fsp3) is 0.750. The van der Waals surface area contributed by atoms with Gasteiger partial charge in [-0.15, -0.1) is 10.2 Å². The minimum atomic E-state index is 0.123. The van der Waals surface area contributed by atoms with Crippen molar-refractivity contribution in [3.05, 3.63) is 18.0 Å². The van der Waals surface area contributed by atoms with Gasteiger partial charge in [-0.1, -0.05) is 19.3 Å². The first-order valence-corrected chi connectivity index (χ1v) is 11.1. The summed E-state index contributed by atoms with van der Waals surface area (Å²) in [7, 11) is 0. The lowest BCUT2D eigenvalue weighted by Gasteiger charge is -2.27. The minimum Gasteiger partial charge on any atom is -0.337 e. The Balaban J connectivity index is 1.19. The van der Waals surface area contributed by atoms with Gasteiger partial charge < -0.3 is 18.9 Å². The van der Waals surface area contributed by atoms with Crippen LogP contribution in [-0.2, 0) is 11.3 Å². The number of carbonyl (C=O) groups excluding carboxylic acids is 1. The molecule has 154 valence electrons. The van der Waals surface area contributed by atoms with E-state index in [0.29, 0.717) is 30.9 Å². The van der Waals surface area contributed by atoms with E-state index in [1.807, 2.05) is 11.2 Å². The highest BCUT2D eigenvalue weighted by Gasteiger charge is 2.48. The smallest absolute Gasteiger partial charge is 0.266 e. The van der Waals surface area contributed by atoms with Crippen molar-refractivity contribution < 1.29 is 9.32 Å². The zero-order valence-electron chi connectivity index (χ0n) is 16.6. The van der Waals surface area contributed by atoms with Gasteiger partial charge in [0.1, 0.15) is 6.33 Å². The van der Waals surface area contributed by atoms with Crippen LogP contribution in [0.3, 0.4) is 0 Å². The molecule has 9 nitrogen and oxygen atoms in total. The monoisotopic (exact) mass is 397 g/mol. The molecule has 29 heavy (non-hydrogen) atoms. The zero-order valence-corrected chi connectivity index (χ0v) is 16.6. The van der Waals surface area contributed by atoms with E-state index in [2.05, 4.69) is 29.8 Å². The van der Waals surface area contributed by atoms with Gasteiger partial charge in [-0.2, -0.15) is 4.98 Å². The van der Waals surface area contributed by atoms with Crippen LogP contribution in [0.5, 0.6) is 0 Å².